The average molecular weight is 613 g/mol. The Labute approximate surface area is 280 Å². The fourth-order valence-electron chi connectivity index (χ4n) is 7.46. The Hall–Kier alpha value is -5.08. The van der Waals surface area contributed by atoms with Gasteiger partial charge in [0.2, 0.25) is 0 Å². The Morgan fingerprint density at radius 1 is 0.723 bits per heavy atom. The maximum absolute atomic E-state index is 2.57. The minimum Gasteiger partial charge on any atom is -0.313 e. The Morgan fingerprint density at radius 3 is 2.09 bits per heavy atom. The SMILES string of the molecule is C/C=C\C(=C/C)N(C1=c2ccccc2=C(N(C2=CC=C(C)CC2)c2ccc(C)cc2)C2=CC=C3C=CC=CC3C21)c1ccc(C)cc1. The average Bonchev–Trinajstić information content (AvgIpc) is 3.10. The number of rotatable bonds is 7. The second-order valence-corrected chi connectivity index (χ2v) is 13.0. The molecule has 3 aromatic rings. The highest BCUT2D eigenvalue weighted by Crippen LogP contribution is 2.49. The summed E-state index contributed by atoms with van der Waals surface area (Å²) in [6.45, 7) is 10.8. The maximum atomic E-state index is 2.57. The molecule has 0 radical (unpaired) electrons. The van der Waals surface area contributed by atoms with Crippen molar-refractivity contribution >= 4 is 22.8 Å². The minimum atomic E-state index is 0.0945. The molecule has 0 fully saturated rings. The van der Waals surface area contributed by atoms with Crippen LogP contribution in [0.15, 0.2) is 168 Å². The van der Waals surface area contributed by atoms with Crippen molar-refractivity contribution in [2.45, 2.75) is 47.5 Å². The molecule has 7 rings (SSSR count). The number of benzene rings is 3. The molecule has 0 spiro atoms. The molecule has 234 valence electrons. The minimum absolute atomic E-state index is 0.0945. The predicted molar refractivity (Wildman–Crippen MR) is 201 cm³/mol. The van der Waals surface area contributed by atoms with Gasteiger partial charge in [0.05, 0.1) is 5.70 Å². The van der Waals surface area contributed by atoms with Gasteiger partial charge in [-0.1, -0.05) is 120 Å². The van der Waals surface area contributed by atoms with E-state index in [2.05, 4.69) is 184 Å². The number of anilines is 2. The van der Waals surface area contributed by atoms with Gasteiger partial charge in [-0.25, -0.2) is 0 Å². The van der Waals surface area contributed by atoms with Crippen LogP contribution in [0.2, 0.25) is 0 Å². The van der Waals surface area contributed by atoms with Crippen LogP contribution in [0.5, 0.6) is 0 Å². The van der Waals surface area contributed by atoms with E-state index in [4.69, 9.17) is 0 Å². The third-order valence-electron chi connectivity index (χ3n) is 9.84. The summed E-state index contributed by atoms with van der Waals surface area (Å²) in [6.07, 6.45) is 27.2. The van der Waals surface area contributed by atoms with Crippen LogP contribution in [0.4, 0.5) is 11.4 Å². The molecule has 4 aliphatic carbocycles. The number of aryl methyl sites for hydroxylation is 2. The highest BCUT2D eigenvalue weighted by molar-refractivity contribution is 5.91. The summed E-state index contributed by atoms with van der Waals surface area (Å²) in [4.78, 5) is 5.08. The summed E-state index contributed by atoms with van der Waals surface area (Å²) in [7, 11) is 0. The van der Waals surface area contributed by atoms with E-state index in [9.17, 15) is 0 Å². The molecule has 4 aliphatic rings. The molecule has 2 nitrogen and oxygen atoms in total. The van der Waals surface area contributed by atoms with Gasteiger partial charge < -0.3 is 9.80 Å². The molecule has 0 N–H and O–H groups in total. The van der Waals surface area contributed by atoms with Crippen LogP contribution in [0.1, 0.15) is 44.7 Å². The van der Waals surface area contributed by atoms with Gasteiger partial charge in [0.1, 0.15) is 0 Å². The van der Waals surface area contributed by atoms with E-state index in [1.54, 1.807) is 0 Å². The van der Waals surface area contributed by atoms with E-state index in [0.29, 0.717) is 0 Å². The molecule has 0 amide bonds. The first kappa shape index (κ1) is 30.6. The van der Waals surface area contributed by atoms with Gasteiger partial charge >= 0.3 is 0 Å². The number of hydrogen-bond donors (Lipinski definition) is 0. The van der Waals surface area contributed by atoms with Gasteiger partial charge in [-0.05, 0) is 95.0 Å². The summed E-state index contributed by atoms with van der Waals surface area (Å²) in [5.41, 5.74) is 14.1. The van der Waals surface area contributed by atoms with Crippen LogP contribution >= 0.6 is 0 Å². The highest BCUT2D eigenvalue weighted by atomic mass is 15.2. The van der Waals surface area contributed by atoms with Crippen LogP contribution in [-0.4, -0.2) is 0 Å². The largest absolute Gasteiger partial charge is 0.313 e. The summed E-state index contributed by atoms with van der Waals surface area (Å²) in [6, 6.07) is 27.2. The van der Waals surface area contributed by atoms with E-state index in [1.807, 2.05) is 0 Å². The fraction of sp³-hybridized carbons (Fsp3) is 0.200. The number of nitrogens with zero attached hydrogens (tertiary/aromatic N) is 2. The smallest absolute Gasteiger partial charge is 0.0576 e. The standard InChI is InChI=1S/C45H44N2/c1-6-12-35(7-2)46(36-24-17-31(3)18-25-36)45-41-16-11-10-15-40(41)44(42-30-23-34-13-8-9-14-39(34)43(42)45)47(37-26-19-32(4)20-27-37)38-28-21-33(5)22-29-38/h6-21,23-28,30,39,43H,22,29H2,1-5H3/b12-6-,35-7+. The molecule has 0 heterocycles. The van der Waals surface area contributed by atoms with Gasteiger partial charge in [0.15, 0.2) is 0 Å². The van der Waals surface area contributed by atoms with E-state index in [0.717, 1.165) is 12.8 Å². The van der Waals surface area contributed by atoms with Crippen molar-refractivity contribution in [2.75, 3.05) is 9.80 Å². The molecule has 47 heavy (non-hydrogen) atoms. The van der Waals surface area contributed by atoms with Crippen LogP contribution in [-0.2, 0) is 0 Å². The number of allylic oxidation sites excluding steroid dienone is 14. The summed E-state index contributed by atoms with van der Waals surface area (Å²) in [5, 5.41) is 2.54. The Kier molecular flexibility index (Phi) is 8.43. The zero-order valence-electron chi connectivity index (χ0n) is 28.2. The topological polar surface area (TPSA) is 6.48 Å². The second-order valence-electron chi connectivity index (χ2n) is 13.0. The molecule has 0 bridgehead atoms. The third-order valence-corrected chi connectivity index (χ3v) is 9.84. The van der Waals surface area contributed by atoms with Gasteiger partial charge in [-0.15, -0.1) is 0 Å². The molecule has 0 saturated heterocycles. The fourth-order valence-corrected chi connectivity index (χ4v) is 7.46. The van der Waals surface area contributed by atoms with E-state index in [1.165, 1.54) is 72.4 Å². The van der Waals surface area contributed by atoms with Crippen molar-refractivity contribution in [3.63, 3.8) is 0 Å². The van der Waals surface area contributed by atoms with Crippen molar-refractivity contribution < 1.29 is 0 Å². The van der Waals surface area contributed by atoms with E-state index in [-0.39, 0.29) is 11.8 Å². The summed E-state index contributed by atoms with van der Waals surface area (Å²) >= 11 is 0. The van der Waals surface area contributed by atoms with Gasteiger partial charge in [0.25, 0.3) is 0 Å². The lowest BCUT2D eigenvalue weighted by atomic mass is 9.69. The van der Waals surface area contributed by atoms with E-state index < -0.39 is 0 Å². The Bertz CT molecular complexity index is 2070. The van der Waals surface area contributed by atoms with Crippen molar-refractivity contribution in [3.05, 3.63) is 189 Å². The first-order valence-corrected chi connectivity index (χ1v) is 17.0. The summed E-state index contributed by atoms with van der Waals surface area (Å²) < 4.78 is 0. The lowest BCUT2D eigenvalue weighted by Gasteiger charge is -2.45. The normalized spacial score (nSPS) is 20.1. The van der Waals surface area contributed by atoms with E-state index >= 15 is 0 Å². The summed E-state index contributed by atoms with van der Waals surface area (Å²) in [5.74, 6) is 0.300. The van der Waals surface area contributed by atoms with Gasteiger partial charge in [-0.3, -0.25) is 0 Å². The van der Waals surface area contributed by atoms with Gasteiger partial charge in [0, 0.05) is 50.7 Å². The van der Waals surface area contributed by atoms with Crippen LogP contribution in [0.3, 0.4) is 0 Å². The molecule has 2 heteroatoms. The predicted octanol–water partition coefficient (Wildman–Crippen LogP) is 9.88. The Balaban J connectivity index is 1.63. The lowest BCUT2D eigenvalue weighted by molar-refractivity contribution is 0.615. The zero-order valence-corrected chi connectivity index (χ0v) is 28.2. The highest BCUT2D eigenvalue weighted by Gasteiger charge is 2.41. The molecule has 0 aliphatic heterocycles. The van der Waals surface area contributed by atoms with Crippen LogP contribution < -0.4 is 20.2 Å². The number of hydrogen-bond acceptors (Lipinski definition) is 2. The molecule has 3 aromatic carbocycles. The second kappa shape index (κ2) is 13.0. The van der Waals surface area contributed by atoms with Crippen molar-refractivity contribution in [1.82, 2.24) is 0 Å². The van der Waals surface area contributed by atoms with Crippen LogP contribution in [0.25, 0.3) is 11.4 Å². The first-order chi connectivity index (χ1) is 23.0. The first-order valence-electron chi connectivity index (χ1n) is 17.0. The molecular formula is C45H44N2. The van der Waals surface area contributed by atoms with Crippen molar-refractivity contribution in [1.29, 1.82) is 0 Å². The quantitative estimate of drug-likeness (QED) is 0.245. The third kappa shape index (κ3) is 5.63. The zero-order chi connectivity index (χ0) is 32.5. The van der Waals surface area contributed by atoms with Crippen LogP contribution in [0, 0.1) is 25.7 Å². The Morgan fingerprint density at radius 2 is 1.43 bits per heavy atom. The maximum Gasteiger partial charge on any atom is 0.0576 e. The molecule has 2 unspecified atom stereocenters. The molecule has 0 saturated carbocycles. The van der Waals surface area contributed by atoms with Gasteiger partial charge in [-0.2, -0.15) is 0 Å². The van der Waals surface area contributed by atoms with Crippen molar-refractivity contribution in [2.24, 2.45) is 11.8 Å². The molecule has 0 aromatic heterocycles. The number of fused-ring (bicyclic) bond motifs is 4. The lowest BCUT2D eigenvalue weighted by Crippen LogP contribution is -2.48. The van der Waals surface area contributed by atoms with Crippen molar-refractivity contribution in [3.8, 4) is 0 Å². The molecule has 2 atom stereocenters. The molecular weight excluding hydrogens is 569 g/mol. The monoisotopic (exact) mass is 612 g/mol.